The van der Waals surface area contributed by atoms with Crippen molar-refractivity contribution in [2.24, 2.45) is 5.14 Å². The van der Waals surface area contributed by atoms with E-state index >= 15 is 0 Å². The molecule has 0 fully saturated rings. The summed E-state index contributed by atoms with van der Waals surface area (Å²) in [5, 5.41) is 8.50. The molecule has 0 radical (unpaired) electrons. The van der Waals surface area contributed by atoms with Crippen LogP contribution in [-0.4, -0.2) is 20.1 Å². The zero-order valence-corrected chi connectivity index (χ0v) is 15.4. The number of nitrogens with two attached hydrogens (primary N) is 1. The molecule has 2 aliphatic carbocycles. The first-order valence-corrected chi connectivity index (χ1v) is 10.7. The lowest BCUT2D eigenvalue weighted by molar-refractivity contribution is 0.102. The summed E-state index contributed by atoms with van der Waals surface area (Å²) in [4.78, 5) is 21.5. The van der Waals surface area contributed by atoms with E-state index in [0.29, 0.717) is 5.92 Å². The van der Waals surface area contributed by atoms with Gasteiger partial charge in [0.15, 0.2) is 5.01 Å². The zero-order valence-electron chi connectivity index (χ0n) is 13.8. The largest absolute Gasteiger partial charge is 0.319 e. The molecule has 0 saturated heterocycles. The van der Waals surface area contributed by atoms with E-state index in [1.807, 2.05) is 0 Å². The van der Waals surface area contributed by atoms with Gasteiger partial charge in [0.2, 0.25) is 0 Å². The fourth-order valence-corrected chi connectivity index (χ4v) is 5.11. The second-order valence-electron chi connectivity index (χ2n) is 6.61. The summed E-state index contributed by atoms with van der Waals surface area (Å²) in [6, 6.07) is 0. The lowest BCUT2D eigenvalue weighted by Gasteiger charge is -2.15. The van der Waals surface area contributed by atoms with Crippen LogP contribution < -0.4 is 10.5 Å². The van der Waals surface area contributed by atoms with E-state index in [9.17, 15) is 9.00 Å². The van der Waals surface area contributed by atoms with Crippen LogP contribution in [0.15, 0.2) is 10.4 Å². The molecule has 1 amide bonds. The fraction of sp³-hybridized carbons (Fsp3) is 0.438. The molecule has 0 bridgehead atoms. The average molecular weight is 377 g/mol. The normalized spacial score (nSPS) is 20.8. The number of aromatic nitrogens is 2. The molecule has 0 saturated carbocycles. The molecule has 4 rings (SSSR count). The highest BCUT2D eigenvalue weighted by molar-refractivity contribution is 7.92. The molecule has 2 heterocycles. The van der Waals surface area contributed by atoms with Gasteiger partial charge in [0, 0.05) is 11.4 Å². The second-order valence-corrected chi connectivity index (χ2v) is 9.54. The lowest BCUT2D eigenvalue weighted by Crippen LogP contribution is -2.16. The topological polar surface area (TPSA) is 122 Å². The number of anilines is 1. The fourth-order valence-electron chi connectivity index (χ4n) is 3.62. The minimum absolute atomic E-state index is 0.108. The maximum absolute atomic E-state index is 12.7. The molecule has 0 spiro atoms. The molecule has 0 aromatic carbocycles. The van der Waals surface area contributed by atoms with Gasteiger partial charge < -0.3 is 5.32 Å². The van der Waals surface area contributed by atoms with Gasteiger partial charge in [-0.3, -0.25) is 9.78 Å². The van der Waals surface area contributed by atoms with Crippen molar-refractivity contribution in [3.05, 3.63) is 33.7 Å². The van der Waals surface area contributed by atoms with Gasteiger partial charge >= 0.3 is 0 Å². The van der Waals surface area contributed by atoms with Gasteiger partial charge in [0.05, 0.1) is 11.9 Å². The summed E-state index contributed by atoms with van der Waals surface area (Å²) in [6.45, 7) is 2.17. The molecule has 132 valence electrons. The number of aryl methyl sites for hydroxylation is 1. The van der Waals surface area contributed by atoms with Crippen molar-refractivity contribution in [3.63, 3.8) is 0 Å². The van der Waals surface area contributed by atoms with Gasteiger partial charge in [-0.25, -0.2) is 19.1 Å². The van der Waals surface area contributed by atoms with Crippen LogP contribution in [0.25, 0.3) is 0 Å². The van der Waals surface area contributed by atoms with Gasteiger partial charge in [0.1, 0.15) is 14.1 Å². The molecule has 4 N–H and O–H groups in total. The highest BCUT2D eigenvalue weighted by Crippen LogP contribution is 2.41. The van der Waals surface area contributed by atoms with Crippen molar-refractivity contribution in [1.82, 2.24) is 9.97 Å². The lowest BCUT2D eigenvalue weighted by atomic mass is 10.0. The van der Waals surface area contributed by atoms with Crippen LogP contribution in [0.4, 0.5) is 5.69 Å². The smallest absolute Gasteiger partial charge is 0.284 e. The quantitative estimate of drug-likeness (QED) is 0.761. The maximum atomic E-state index is 12.7. The highest BCUT2D eigenvalue weighted by atomic mass is 32.2. The third-order valence-corrected chi connectivity index (χ3v) is 7.35. The van der Waals surface area contributed by atoms with E-state index in [0.717, 1.165) is 71.6 Å². The zero-order chi connectivity index (χ0) is 17.8. The van der Waals surface area contributed by atoms with Crippen LogP contribution in [0.1, 0.15) is 58.0 Å². The standard InChI is InChI=1S/C16H19N5O2S2/c1-8-5-6-10-13(8)20-11-4-2-3-9(11)14(10)21-15(22)16-19-7-12(24-16)25(17,18)23/h7-8H,2-6H2,1H3,(H3,17,18,23)(H,20,21,22)/t8-/m1/s1. The number of hydrogen-bond acceptors (Lipinski definition) is 6. The Hall–Kier alpha value is -1.84. The van der Waals surface area contributed by atoms with Gasteiger partial charge in [-0.05, 0) is 49.1 Å². The van der Waals surface area contributed by atoms with Crippen LogP contribution in [-0.2, 0) is 29.2 Å². The van der Waals surface area contributed by atoms with Gasteiger partial charge in [-0.2, -0.15) is 0 Å². The molecule has 2 atom stereocenters. The molecule has 25 heavy (non-hydrogen) atoms. The van der Waals surface area contributed by atoms with Crippen molar-refractivity contribution >= 4 is 32.8 Å². The number of nitrogens with zero attached hydrogens (tertiary/aromatic N) is 2. The third-order valence-electron chi connectivity index (χ3n) is 4.87. The van der Waals surface area contributed by atoms with E-state index in [2.05, 4.69) is 17.2 Å². The average Bonchev–Trinajstić information content (AvgIpc) is 3.26. The summed E-state index contributed by atoms with van der Waals surface area (Å²) in [5.41, 5.74) is 5.37. The van der Waals surface area contributed by atoms with Crippen molar-refractivity contribution in [2.75, 3.05) is 5.32 Å². The van der Waals surface area contributed by atoms with Crippen LogP contribution >= 0.6 is 11.3 Å². The van der Waals surface area contributed by atoms with Crippen molar-refractivity contribution in [1.29, 1.82) is 4.78 Å². The van der Waals surface area contributed by atoms with Crippen LogP contribution in [0.5, 0.6) is 0 Å². The number of hydrogen-bond donors (Lipinski definition) is 3. The predicted octanol–water partition coefficient (Wildman–Crippen LogP) is 2.61. The number of pyridine rings is 1. The van der Waals surface area contributed by atoms with Gasteiger partial charge in [-0.15, -0.1) is 0 Å². The maximum Gasteiger partial charge on any atom is 0.284 e. The number of nitrogens with one attached hydrogen (secondary N) is 2. The number of thiazole rings is 1. The van der Waals surface area contributed by atoms with Crippen molar-refractivity contribution in [2.45, 2.75) is 49.2 Å². The Kier molecular flexibility index (Phi) is 3.89. The molecule has 7 nitrogen and oxygen atoms in total. The number of carbonyl (C=O) groups excluding carboxylic acids is 1. The predicted molar refractivity (Wildman–Crippen MR) is 96.4 cm³/mol. The molecule has 9 heteroatoms. The number of fused-ring (bicyclic) bond motifs is 2. The number of carbonyl (C=O) groups is 1. The molecule has 1 unspecified atom stereocenters. The van der Waals surface area contributed by atoms with Crippen LogP contribution in [0.2, 0.25) is 0 Å². The van der Waals surface area contributed by atoms with E-state index in [4.69, 9.17) is 14.9 Å². The minimum Gasteiger partial charge on any atom is -0.319 e. The Bertz CT molecular complexity index is 981. The minimum atomic E-state index is -3.35. The molecule has 2 aliphatic rings. The summed E-state index contributed by atoms with van der Waals surface area (Å²) in [5.74, 6) is 0.0650. The van der Waals surface area contributed by atoms with E-state index in [1.165, 1.54) is 6.20 Å². The molecule has 0 aliphatic heterocycles. The Labute approximate surface area is 150 Å². The molecule has 2 aromatic rings. The summed E-state index contributed by atoms with van der Waals surface area (Å²) in [6.07, 6.45) is 6.14. The van der Waals surface area contributed by atoms with E-state index in [1.54, 1.807) is 0 Å². The first kappa shape index (κ1) is 16.6. The first-order valence-electron chi connectivity index (χ1n) is 8.23. The Morgan fingerprint density at radius 2 is 2.20 bits per heavy atom. The second kappa shape index (κ2) is 5.86. The van der Waals surface area contributed by atoms with Gasteiger partial charge in [-0.1, -0.05) is 18.3 Å². The van der Waals surface area contributed by atoms with Crippen LogP contribution in [0.3, 0.4) is 0 Å². The first-order chi connectivity index (χ1) is 11.8. The number of rotatable bonds is 3. The van der Waals surface area contributed by atoms with Crippen molar-refractivity contribution < 1.29 is 9.00 Å². The highest BCUT2D eigenvalue weighted by Gasteiger charge is 2.30. The molecular weight excluding hydrogens is 358 g/mol. The van der Waals surface area contributed by atoms with E-state index < -0.39 is 9.92 Å². The Morgan fingerprint density at radius 1 is 1.40 bits per heavy atom. The molecule has 2 aromatic heterocycles. The summed E-state index contributed by atoms with van der Waals surface area (Å²) >= 11 is 0.908. The number of amides is 1. The third kappa shape index (κ3) is 2.86. The van der Waals surface area contributed by atoms with Crippen LogP contribution in [0, 0.1) is 4.78 Å². The molecular formula is C16H19N5O2S2. The summed E-state index contributed by atoms with van der Waals surface area (Å²) < 4.78 is 19.1. The SMILES string of the molecule is C[C@@H]1CCc2c1nc1c(c2NC(=O)c2ncc(S(=N)(N)=O)s2)CCC1. The van der Waals surface area contributed by atoms with E-state index in [-0.39, 0.29) is 15.1 Å². The summed E-state index contributed by atoms with van der Waals surface area (Å²) in [7, 11) is -3.35. The Morgan fingerprint density at radius 3 is 2.92 bits per heavy atom. The monoisotopic (exact) mass is 377 g/mol. The van der Waals surface area contributed by atoms with Gasteiger partial charge in [0.25, 0.3) is 5.91 Å². The Balaban J connectivity index is 1.71. The van der Waals surface area contributed by atoms with Crippen molar-refractivity contribution in [3.8, 4) is 0 Å².